The topological polar surface area (TPSA) is 95.7 Å². The maximum atomic E-state index is 13.5. The zero-order valence-electron chi connectivity index (χ0n) is 13.5. The number of ether oxygens (including phenoxy) is 2. The molecule has 0 spiro atoms. The molecule has 0 aliphatic heterocycles. The van der Waals surface area contributed by atoms with Crippen LogP contribution in [0, 0.1) is 39.2 Å². The number of nitro benzene ring substituents is 1. The van der Waals surface area contributed by atoms with Crippen LogP contribution in [-0.4, -0.2) is 30.1 Å². The second kappa shape index (κ2) is 8.41. The van der Waals surface area contributed by atoms with Gasteiger partial charge >= 0.3 is 11.9 Å². The van der Waals surface area contributed by atoms with Gasteiger partial charge in [0, 0.05) is 6.07 Å². The highest BCUT2D eigenvalue weighted by molar-refractivity contribution is 5.94. The molecule has 0 N–H and O–H groups in total. The Morgan fingerprint density at radius 2 is 1.29 bits per heavy atom. The summed E-state index contributed by atoms with van der Waals surface area (Å²) >= 11 is 0. The number of esters is 2. The van der Waals surface area contributed by atoms with E-state index in [4.69, 9.17) is 0 Å². The average molecular weight is 405 g/mol. The standard InChI is InChI=1S/C16H8F5NO6/c17-10-9(11(18)13(20)14(21)12(10)19)16(24)28-6-5-27-15(23)7-3-1-2-4-8(7)22(25)26/h1-4H,5-6H2. The fraction of sp³-hybridized carbons (Fsp3) is 0.125. The van der Waals surface area contributed by atoms with Gasteiger partial charge in [0.2, 0.25) is 5.82 Å². The Kier molecular flexibility index (Phi) is 6.23. The van der Waals surface area contributed by atoms with E-state index in [9.17, 15) is 41.7 Å². The molecule has 0 radical (unpaired) electrons. The summed E-state index contributed by atoms with van der Waals surface area (Å²) in [6, 6.07) is 4.77. The van der Waals surface area contributed by atoms with Crippen LogP contribution in [0.25, 0.3) is 0 Å². The molecule has 0 amide bonds. The van der Waals surface area contributed by atoms with Crippen LogP contribution in [0.2, 0.25) is 0 Å². The van der Waals surface area contributed by atoms with Gasteiger partial charge in [0.05, 0.1) is 4.92 Å². The van der Waals surface area contributed by atoms with Crippen molar-refractivity contribution in [1.29, 1.82) is 0 Å². The van der Waals surface area contributed by atoms with E-state index in [1.165, 1.54) is 12.1 Å². The number of para-hydroxylation sites is 1. The summed E-state index contributed by atoms with van der Waals surface area (Å²) in [5.74, 6) is -14.9. The van der Waals surface area contributed by atoms with Gasteiger partial charge in [-0.15, -0.1) is 0 Å². The number of nitro groups is 1. The Hall–Kier alpha value is -3.57. The normalized spacial score (nSPS) is 10.5. The maximum Gasteiger partial charge on any atom is 0.345 e. The summed E-state index contributed by atoms with van der Waals surface area (Å²) in [6.07, 6.45) is 0. The smallest absolute Gasteiger partial charge is 0.345 e. The van der Waals surface area contributed by atoms with E-state index in [0.29, 0.717) is 0 Å². The van der Waals surface area contributed by atoms with E-state index >= 15 is 0 Å². The van der Waals surface area contributed by atoms with Crippen LogP contribution in [0.15, 0.2) is 24.3 Å². The number of hydrogen-bond acceptors (Lipinski definition) is 6. The van der Waals surface area contributed by atoms with E-state index in [0.717, 1.165) is 12.1 Å². The lowest BCUT2D eigenvalue weighted by atomic mass is 10.1. The first-order valence-electron chi connectivity index (χ1n) is 7.25. The number of carbonyl (C=O) groups is 2. The predicted octanol–water partition coefficient (Wildman–Crippen LogP) is 3.30. The minimum absolute atomic E-state index is 0.404. The average Bonchev–Trinajstić information content (AvgIpc) is 2.68. The van der Waals surface area contributed by atoms with Crippen LogP contribution in [0.3, 0.4) is 0 Å². The molecule has 0 saturated carbocycles. The summed E-state index contributed by atoms with van der Waals surface area (Å²) in [7, 11) is 0. The Morgan fingerprint density at radius 3 is 1.82 bits per heavy atom. The highest BCUT2D eigenvalue weighted by Gasteiger charge is 2.30. The van der Waals surface area contributed by atoms with E-state index in [1.54, 1.807) is 0 Å². The van der Waals surface area contributed by atoms with Gasteiger partial charge in [0.25, 0.3) is 5.69 Å². The summed E-state index contributed by atoms with van der Waals surface area (Å²) in [5.41, 5.74) is -2.76. The Balaban J connectivity index is 2.01. The van der Waals surface area contributed by atoms with Crippen molar-refractivity contribution in [3.8, 4) is 0 Å². The molecule has 0 fully saturated rings. The molecule has 0 saturated heterocycles. The number of hydrogen-bond donors (Lipinski definition) is 0. The molecule has 148 valence electrons. The fourth-order valence-corrected chi connectivity index (χ4v) is 2.01. The Bertz CT molecular complexity index is 936. The van der Waals surface area contributed by atoms with Crippen LogP contribution < -0.4 is 0 Å². The number of carbonyl (C=O) groups excluding carboxylic acids is 2. The number of nitrogens with zero attached hydrogens (tertiary/aromatic N) is 1. The van der Waals surface area contributed by atoms with Crippen molar-refractivity contribution in [2.45, 2.75) is 0 Å². The van der Waals surface area contributed by atoms with E-state index in [1.807, 2.05) is 0 Å². The summed E-state index contributed by atoms with van der Waals surface area (Å²) in [6.45, 7) is -1.52. The van der Waals surface area contributed by atoms with Crippen LogP contribution in [-0.2, 0) is 9.47 Å². The quantitative estimate of drug-likeness (QED) is 0.139. The summed E-state index contributed by atoms with van der Waals surface area (Å²) in [4.78, 5) is 33.3. The maximum absolute atomic E-state index is 13.5. The van der Waals surface area contributed by atoms with Gasteiger partial charge < -0.3 is 9.47 Å². The molecule has 28 heavy (non-hydrogen) atoms. The lowest BCUT2D eigenvalue weighted by Crippen LogP contribution is -2.18. The van der Waals surface area contributed by atoms with Gasteiger partial charge in [0.1, 0.15) is 24.3 Å². The molecule has 0 aliphatic rings. The first-order valence-corrected chi connectivity index (χ1v) is 7.25. The number of halogens is 5. The van der Waals surface area contributed by atoms with Crippen molar-refractivity contribution < 1.29 is 45.9 Å². The lowest BCUT2D eigenvalue weighted by molar-refractivity contribution is -0.385. The van der Waals surface area contributed by atoms with Crippen LogP contribution in [0.1, 0.15) is 20.7 Å². The molecule has 0 bridgehead atoms. The second-order valence-corrected chi connectivity index (χ2v) is 4.99. The second-order valence-electron chi connectivity index (χ2n) is 4.99. The zero-order valence-corrected chi connectivity index (χ0v) is 13.5. The first-order chi connectivity index (χ1) is 13.2. The first kappa shape index (κ1) is 20.7. The van der Waals surface area contributed by atoms with Gasteiger partial charge in [0.15, 0.2) is 23.3 Å². The van der Waals surface area contributed by atoms with E-state index in [-0.39, 0.29) is 0 Å². The third-order valence-electron chi connectivity index (χ3n) is 3.28. The van der Waals surface area contributed by atoms with Gasteiger partial charge in [-0.1, -0.05) is 12.1 Å². The molecule has 0 aromatic heterocycles. The van der Waals surface area contributed by atoms with E-state index < -0.39 is 76.0 Å². The highest BCUT2D eigenvalue weighted by Crippen LogP contribution is 2.23. The molecule has 2 aromatic rings. The molecule has 12 heteroatoms. The SMILES string of the molecule is O=C(OCCOC(=O)c1c(F)c(F)c(F)c(F)c1F)c1ccccc1[N+](=O)[O-]. The molecule has 2 aromatic carbocycles. The number of rotatable bonds is 6. The predicted molar refractivity (Wildman–Crippen MR) is 79.9 cm³/mol. The van der Waals surface area contributed by atoms with Crippen LogP contribution in [0.5, 0.6) is 0 Å². The monoisotopic (exact) mass is 405 g/mol. The highest BCUT2D eigenvalue weighted by atomic mass is 19.2. The molecule has 0 unspecified atom stereocenters. The van der Waals surface area contributed by atoms with Gasteiger partial charge in [-0.05, 0) is 6.07 Å². The Labute approximate surface area is 152 Å². The minimum Gasteiger partial charge on any atom is -0.458 e. The van der Waals surface area contributed by atoms with Crippen molar-refractivity contribution in [3.63, 3.8) is 0 Å². The molecule has 0 aliphatic carbocycles. The zero-order chi connectivity index (χ0) is 21.0. The number of benzene rings is 2. The summed E-state index contributed by atoms with van der Waals surface area (Å²) in [5, 5.41) is 10.8. The lowest BCUT2D eigenvalue weighted by Gasteiger charge is -2.09. The minimum atomic E-state index is -2.44. The van der Waals surface area contributed by atoms with Crippen molar-refractivity contribution in [3.05, 3.63) is 74.6 Å². The van der Waals surface area contributed by atoms with Gasteiger partial charge in [-0.2, -0.15) is 0 Å². The van der Waals surface area contributed by atoms with Crippen molar-refractivity contribution in [2.75, 3.05) is 13.2 Å². The van der Waals surface area contributed by atoms with Gasteiger partial charge in [-0.25, -0.2) is 31.5 Å². The van der Waals surface area contributed by atoms with Crippen LogP contribution >= 0.6 is 0 Å². The van der Waals surface area contributed by atoms with Crippen LogP contribution in [0.4, 0.5) is 27.6 Å². The molecule has 7 nitrogen and oxygen atoms in total. The van der Waals surface area contributed by atoms with Crippen molar-refractivity contribution in [2.24, 2.45) is 0 Å². The van der Waals surface area contributed by atoms with Gasteiger partial charge in [-0.3, -0.25) is 10.1 Å². The Morgan fingerprint density at radius 1 is 0.821 bits per heavy atom. The molecule has 0 heterocycles. The molecular formula is C16H8F5NO6. The largest absolute Gasteiger partial charge is 0.458 e. The van der Waals surface area contributed by atoms with E-state index in [2.05, 4.69) is 9.47 Å². The molecule has 0 atom stereocenters. The third kappa shape index (κ3) is 4.05. The summed E-state index contributed by atoms with van der Waals surface area (Å²) < 4.78 is 74.9. The fourth-order valence-electron chi connectivity index (χ4n) is 2.01. The molecular weight excluding hydrogens is 397 g/mol. The van der Waals surface area contributed by atoms with Crippen molar-refractivity contribution in [1.82, 2.24) is 0 Å². The molecule has 2 rings (SSSR count). The third-order valence-corrected chi connectivity index (χ3v) is 3.28. The van der Waals surface area contributed by atoms with Crippen molar-refractivity contribution >= 4 is 17.6 Å².